The summed E-state index contributed by atoms with van der Waals surface area (Å²) < 4.78 is 4.68. The first-order valence-corrected chi connectivity index (χ1v) is 5.15. The van der Waals surface area contributed by atoms with Gasteiger partial charge in [0, 0.05) is 6.54 Å². The Morgan fingerprint density at radius 2 is 2.13 bits per heavy atom. The Morgan fingerprint density at radius 1 is 1.53 bits per heavy atom. The minimum absolute atomic E-state index is 0.286. The van der Waals surface area contributed by atoms with Crippen molar-refractivity contribution < 1.29 is 9.53 Å². The van der Waals surface area contributed by atoms with Gasteiger partial charge in [-0.3, -0.25) is 4.99 Å². The molecule has 0 fully saturated rings. The van der Waals surface area contributed by atoms with E-state index in [1.54, 1.807) is 0 Å². The molecule has 0 spiro atoms. The van der Waals surface area contributed by atoms with Crippen molar-refractivity contribution in [3.63, 3.8) is 0 Å². The molecule has 5 nitrogen and oxygen atoms in total. The summed E-state index contributed by atoms with van der Waals surface area (Å²) >= 11 is 0. The van der Waals surface area contributed by atoms with Crippen LogP contribution < -0.4 is 11.1 Å². The zero-order chi connectivity index (χ0) is 11.8. The number of rotatable bonds is 5. The van der Waals surface area contributed by atoms with Crippen LogP contribution in [0.15, 0.2) is 4.99 Å². The summed E-state index contributed by atoms with van der Waals surface area (Å²) in [5.74, 6) is 0.363. The molecule has 0 aromatic rings. The van der Waals surface area contributed by atoms with Gasteiger partial charge < -0.3 is 15.8 Å². The summed E-state index contributed by atoms with van der Waals surface area (Å²) in [6.07, 6.45) is 0.673. The van der Waals surface area contributed by atoms with E-state index in [0.29, 0.717) is 18.9 Å². The van der Waals surface area contributed by atoms with E-state index in [9.17, 15) is 4.79 Å². The van der Waals surface area contributed by atoms with Gasteiger partial charge in [0.15, 0.2) is 5.96 Å². The summed E-state index contributed by atoms with van der Waals surface area (Å²) in [7, 11) is 1.37. The predicted molar refractivity (Wildman–Crippen MR) is 60.6 cm³/mol. The number of hydrogen-bond donors (Lipinski definition) is 2. The summed E-state index contributed by atoms with van der Waals surface area (Å²) in [6.45, 7) is 6.54. The van der Waals surface area contributed by atoms with Crippen molar-refractivity contribution in [2.24, 2.45) is 16.6 Å². The average molecular weight is 215 g/mol. The molecule has 0 amide bonds. The van der Waals surface area contributed by atoms with Gasteiger partial charge in [-0.25, -0.2) is 4.79 Å². The summed E-state index contributed by atoms with van der Waals surface area (Å²) in [5, 5.41) is 2.85. The first-order valence-electron chi connectivity index (χ1n) is 5.15. The molecule has 0 aliphatic carbocycles. The van der Waals surface area contributed by atoms with Gasteiger partial charge in [-0.05, 0) is 19.3 Å². The number of guanidine groups is 1. The Labute approximate surface area is 91.1 Å². The monoisotopic (exact) mass is 215 g/mol. The number of nitrogens with two attached hydrogens (primary N) is 1. The van der Waals surface area contributed by atoms with Gasteiger partial charge in [0.05, 0.1) is 7.11 Å². The van der Waals surface area contributed by atoms with Gasteiger partial charge in [-0.2, -0.15) is 0 Å². The van der Waals surface area contributed by atoms with Crippen LogP contribution in [0, 0.1) is 5.92 Å². The Bertz CT molecular complexity index is 227. The molecule has 1 unspecified atom stereocenters. The van der Waals surface area contributed by atoms with Gasteiger partial charge in [0.1, 0.15) is 6.04 Å². The smallest absolute Gasteiger partial charge is 0.328 e. The van der Waals surface area contributed by atoms with Crippen molar-refractivity contribution in [3.8, 4) is 0 Å². The number of nitrogens with one attached hydrogen (secondary N) is 1. The minimum atomic E-state index is -0.412. The van der Waals surface area contributed by atoms with E-state index < -0.39 is 6.04 Å². The van der Waals surface area contributed by atoms with E-state index in [0.717, 1.165) is 0 Å². The third-order valence-electron chi connectivity index (χ3n) is 1.84. The number of carbonyl (C=O) groups excluding carboxylic acids is 1. The second kappa shape index (κ2) is 7.09. The largest absolute Gasteiger partial charge is 0.467 e. The maximum atomic E-state index is 11.4. The lowest BCUT2D eigenvalue weighted by Crippen LogP contribution is -2.45. The third kappa shape index (κ3) is 5.93. The van der Waals surface area contributed by atoms with Gasteiger partial charge in [-0.15, -0.1) is 0 Å². The Balaban J connectivity index is 4.37. The number of nitrogens with zero attached hydrogens (tertiary/aromatic N) is 1. The van der Waals surface area contributed by atoms with E-state index in [-0.39, 0.29) is 11.9 Å². The van der Waals surface area contributed by atoms with Crippen LogP contribution in [0.5, 0.6) is 0 Å². The molecule has 0 saturated carbocycles. The number of methoxy groups -OCH3 is 1. The first kappa shape index (κ1) is 13.7. The Morgan fingerprint density at radius 3 is 2.53 bits per heavy atom. The number of aliphatic imine (C=N–C) groups is 1. The van der Waals surface area contributed by atoms with E-state index in [2.05, 4.69) is 15.0 Å². The van der Waals surface area contributed by atoms with E-state index in [4.69, 9.17) is 5.73 Å². The highest BCUT2D eigenvalue weighted by molar-refractivity contribution is 5.85. The van der Waals surface area contributed by atoms with Crippen LogP contribution in [0.1, 0.15) is 27.2 Å². The molecule has 0 aliphatic heterocycles. The molecular weight excluding hydrogens is 194 g/mol. The zero-order valence-electron chi connectivity index (χ0n) is 9.91. The number of hydrogen-bond acceptors (Lipinski definition) is 3. The molecule has 0 aromatic carbocycles. The normalized spacial score (nSPS) is 13.8. The molecule has 5 heteroatoms. The van der Waals surface area contributed by atoms with E-state index in [1.807, 2.05) is 20.8 Å². The fourth-order valence-electron chi connectivity index (χ4n) is 1.22. The fraction of sp³-hybridized carbons (Fsp3) is 0.800. The van der Waals surface area contributed by atoms with Crippen LogP contribution in [-0.4, -0.2) is 31.6 Å². The molecule has 0 radical (unpaired) electrons. The highest BCUT2D eigenvalue weighted by Crippen LogP contribution is 2.05. The second-order valence-corrected chi connectivity index (χ2v) is 3.71. The van der Waals surface area contributed by atoms with E-state index in [1.165, 1.54) is 7.11 Å². The highest BCUT2D eigenvalue weighted by Gasteiger charge is 2.20. The molecule has 1 atom stereocenters. The van der Waals surface area contributed by atoms with Crippen molar-refractivity contribution >= 4 is 11.9 Å². The SMILES string of the molecule is CCN=C(N)NC(CC(C)C)C(=O)OC. The van der Waals surface area contributed by atoms with Crippen molar-refractivity contribution in [1.82, 2.24) is 5.32 Å². The summed E-state index contributed by atoms with van der Waals surface area (Å²) in [4.78, 5) is 15.4. The lowest BCUT2D eigenvalue weighted by Gasteiger charge is -2.18. The zero-order valence-corrected chi connectivity index (χ0v) is 9.91. The minimum Gasteiger partial charge on any atom is -0.467 e. The molecular formula is C10H21N3O2. The molecule has 0 aliphatic rings. The van der Waals surface area contributed by atoms with Gasteiger partial charge in [0.2, 0.25) is 0 Å². The van der Waals surface area contributed by atoms with Crippen LogP contribution in [0.3, 0.4) is 0 Å². The highest BCUT2D eigenvalue weighted by atomic mass is 16.5. The second-order valence-electron chi connectivity index (χ2n) is 3.71. The molecule has 0 heterocycles. The lowest BCUT2D eigenvalue weighted by atomic mass is 10.0. The van der Waals surface area contributed by atoms with Crippen molar-refractivity contribution in [2.45, 2.75) is 33.2 Å². The summed E-state index contributed by atoms with van der Waals surface area (Å²) in [6, 6.07) is -0.412. The molecule has 15 heavy (non-hydrogen) atoms. The lowest BCUT2D eigenvalue weighted by molar-refractivity contribution is -0.143. The van der Waals surface area contributed by atoms with Crippen molar-refractivity contribution in [3.05, 3.63) is 0 Å². The van der Waals surface area contributed by atoms with Crippen LogP contribution >= 0.6 is 0 Å². The standard InChI is InChI=1S/C10H21N3O2/c1-5-12-10(11)13-8(6-7(2)3)9(14)15-4/h7-8H,5-6H2,1-4H3,(H3,11,12,13). The molecule has 0 rings (SSSR count). The molecule has 3 N–H and O–H groups in total. The molecule has 0 aromatic heterocycles. The van der Waals surface area contributed by atoms with Crippen LogP contribution in [0.4, 0.5) is 0 Å². The van der Waals surface area contributed by atoms with Gasteiger partial charge in [-0.1, -0.05) is 13.8 Å². The average Bonchev–Trinajstić information content (AvgIpc) is 2.15. The number of ether oxygens (including phenoxy) is 1. The quantitative estimate of drug-likeness (QED) is 0.398. The predicted octanol–water partition coefficient (Wildman–Crippen LogP) is 0.498. The number of esters is 1. The van der Waals surface area contributed by atoms with Crippen molar-refractivity contribution in [2.75, 3.05) is 13.7 Å². The number of carbonyl (C=O) groups is 1. The molecule has 0 saturated heterocycles. The van der Waals surface area contributed by atoms with Crippen LogP contribution in [0.2, 0.25) is 0 Å². The fourth-order valence-corrected chi connectivity index (χ4v) is 1.22. The van der Waals surface area contributed by atoms with Crippen LogP contribution in [0.25, 0.3) is 0 Å². The molecule has 88 valence electrons. The summed E-state index contributed by atoms with van der Waals surface area (Å²) in [5.41, 5.74) is 5.58. The molecule has 0 bridgehead atoms. The maximum absolute atomic E-state index is 11.4. The Kier molecular flexibility index (Phi) is 6.49. The topological polar surface area (TPSA) is 76.7 Å². The van der Waals surface area contributed by atoms with Crippen molar-refractivity contribution in [1.29, 1.82) is 0 Å². The maximum Gasteiger partial charge on any atom is 0.328 e. The third-order valence-corrected chi connectivity index (χ3v) is 1.84. The Hall–Kier alpha value is -1.26. The first-order chi connectivity index (χ1) is 7.01. The van der Waals surface area contributed by atoms with Gasteiger partial charge in [0.25, 0.3) is 0 Å². The van der Waals surface area contributed by atoms with E-state index >= 15 is 0 Å². The van der Waals surface area contributed by atoms with Gasteiger partial charge >= 0.3 is 5.97 Å². The van der Waals surface area contributed by atoms with Crippen LogP contribution in [-0.2, 0) is 9.53 Å².